The molecule has 1 aromatic carbocycles. The van der Waals surface area contributed by atoms with E-state index in [9.17, 15) is 15.2 Å². The molecule has 0 spiro atoms. The number of carbonyl (C=O) groups is 1. The Bertz CT molecular complexity index is 909. The number of carbonyl (C=O) groups excluding carboxylic acids is 1. The van der Waals surface area contributed by atoms with Crippen LogP contribution in [0.3, 0.4) is 0 Å². The first-order valence-electron chi connectivity index (χ1n) is 12.6. The summed E-state index contributed by atoms with van der Waals surface area (Å²) in [4.78, 5) is 12.7. The minimum absolute atomic E-state index is 0.0352. The van der Waals surface area contributed by atoms with Gasteiger partial charge in [0.2, 0.25) is 0 Å². The topological polar surface area (TPSA) is 70.3 Å². The van der Waals surface area contributed by atoms with Crippen molar-refractivity contribution in [3.8, 4) is 6.07 Å². The smallest absolute Gasteiger partial charge is 0.338 e. The van der Waals surface area contributed by atoms with Gasteiger partial charge in [-0.25, -0.2) is 4.79 Å². The van der Waals surface area contributed by atoms with Crippen LogP contribution in [0, 0.1) is 57.7 Å². The van der Waals surface area contributed by atoms with E-state index in [1.807, 2.05) is 30.3 Å². The number of aliphatic hydroxyl groups excluding tert-OH is 1. The first-order chi connectivity index (χ1) is 15.3. The molecule has 0 heterocycles. The van der Waals surface area contributed by atoms with Gasteiger partial charge in [-0.3, -0.25) is 0 Å². The van der Waals surface area contributed by atoms with Gasteiger partial charge in [0.05, 0.1) is 23.7 Å². The summed E-state index contributed by atoms with van der Waals surface area (Å²) >= 11 is 0. The van der Waals surface area contributed by atoms with Crippen LogP contribution in [-0.4, -0.2) is 23.3 Å². The van der Waals surface area contributed by atoms with Crippen LogP contribution in [0.25, 0.3) is 0 Å². The van der Waals surface area contributed by atoms with Crippen molar-refractivity contribution < 1.29 is 14.6 Å². The lowest BCUT2D eigenvalue weighted by Gasteiger charge is -2.63. The van der Waals surface area contributed by atoms with Gasteiger partial charge in [-0.2, -0.15) is 5.26 Å². The second kappa shape index (κ2) is 7.87. The molecule has 0 amide bonds. The molecule has 0 aliphatic heterocycles. The molecule has 4 saturated carbocycles. The quantitative estimate of drug-likeness (QED) is 0.613. The number of benzene rings is 1. The highest BCUT2D eigenvalue weighted by atomic mass is 16.5. The van der Waals surface area contributed by atoms with E-state index in [-0.39, 0.29) is 40.8 Å². The van der Waals surface area contributed by atoms with Crippen molar-refractivity contribution in [2.75, 3.05) is 0 Å². The zero-order valence-corrected chi connectivity index (χ0v) is 19.7. The van der Waals surface area contributed by atoms with Gasteiger partial charge in [0.25, 0.3) is 0 Å². The van der Waals surface area contributed by atoms with Gasteiger partial charge in [-0.05, 0) is 97.5 Å². The number of aliphatic hydroxyl groups is 1. The minimum atomic E-state index is -0.335. The molecule has 32 heavy (non-hydrogen) atoms. The van der Waals surface area contributed by atoms with Gasteiger partial charge >= 0.3 is 5.97 Å². The van der Waals surface area contributed by atoms with Gasteiger partial charge in [-0.1, -0.05) is 39.0 Å². The summed E-state index contributed by atoms with van der Waals surface area (Å²) in [7, 11) is 0. The second-order valence-electron chi connectivity index (χ2n) is 11.8. The van der Waals surface area contributed by atoms with Gasteiger partial charge in [0, 0.05) is 0 Å². The van der Waals surface area contributed by atoms with Crippen LogP contribution in [-0.2, 0) is 4.74 Å². The largest absolute Gasteiger partial charge is 0.458 e. The van der Waals surface area contributed by atoms with Crippen molar-refractivity contribution in [2.24, 2.45) is 46.3 Å². The van der Waals surface area contributed by atoms with Crippen LogP contribution in [0.5, 0.6) is 0 Å². The molecule has 0 unspecified atom stereocenters. The summed E-state index contributed by atoms with van der Waals surface area (Å²) in [6.45, 7) is 6.90. The molecule has 4 heteroatoms. The van der Waals surface area contributed by atoms with Gasteiger partial charge in [-0.15, -0.1) is 0 Å². The Balaban J connectivity index is 1.36. The molecule has 5 rings (SSSR count). The molecule has 10 atom stereocenters. The molecule has 4 aliphatic rings. The highest BCUT2D eigenvalue weighted by Gasteiger charge is 2.63. The fraction of sp³-hybridized carbons (Fsp3) is 0.714. The molecule has 0 aromatic heterocycles. The number of rotatable bonds is 2. The predicted molar refractivity (Wildman–Crippen MR) is 122 cm³/mol. The summed E-state index contributed by atoms with van der Waals surface area (Å²) in [5, 5.41) is 21.2. The van der Waals surface area contributed by atoms with Crippen molar-refractivity contribution >= 4 is 5.97 Å². The molecule has 0 saturated heterocycles. The van der Waals surface area contributed by atoms with E-state index in [4.69, 9.17) is 4.74 Å². The Kier molecular flexibility index (Phi) is 5.40. The standard InChI is InChI=1S/C28H37NO3/c1-17-14-28(3)19(13-24(17)32-26(31)18-7-5-4-6-8-18)9-11-21-22-12-10-20(16-29)27(22,2)15-23(30)25(21)28/h4-8,17,19-25,30H,9-15H2,1-3H3/t17-,19-,20+,21-,22-,23-,24-,25+,27+,28-/m0/s1. The fourth-order valence-electron chi connectivity index (χ4n) is 8.86. The highest BCUT2D eigenvalue weighted by molar-refractivity contribution is 5.89. The third kappa shape index (κ3) is 3.23. The number of nitrogens with zero attached hydrogens (tertiary/aromatic N) is 1. The molecule has 4 fully saturated rings. The van der Waals surface area contributed by atoms with E-state index in [0.29, 0.717) is 29.2 Å². The van der Waals surface area contributed by atoms with E-state index in [0.717, 1.165) is 44.9 Å². The van der Waals surface area contributed by atoms with Crippen LogP contribution >= 0.6 is 0 Å². The number of fused-ring (bicyclic) bond motifs is 5. The van der Waals surface area contributed by atoms with E-state index in [1.54, 1.807) is 0 Å². The van der Waals surface area contributed by atoms with E-state index >= 15 is 0 Å². The maximum absolute atomic E-state index is 12.7. The molecule has 1 N–H and O–H groups in total. The van der Waals surface area contributed by atoms with Gasteiger partial charge in [0.15, 0.2) is 0 Å². The van der Waals surface area contributed by atoms with Crippen LogP contribution in [0.4, 0.5) is 0 Å². The number of hydrogen-bond acceptors (Lipinski definition) is 4. The predicted octanol–water partition coefficient (Wildman–Crippen LogP) is 5.61. The second-order valence-corrected chi connectivity index (χ2v) is 11.8. The normalized spacial score (nSPS) is 47.5. The summed E-state index contributed by atoms with van der Waals surface area (Å²) in [5.74, 6) is 1.98. The monoisotopic (exact) mass is 435 g/mol. The molecule has 4 aliphatic carbocycles. The lowest BCUT2D eigenvalue weighted by atomic mass is 9.43. The average molecular weight is 436 g/mol. The van der Waals surface area contributed by atoms with Crippen LogP contribution in [0.2, 0.25) is 0 Å². The van der Waals surface area contributed by atoms with Gasteiger partial charge in [0.1, 0.15) is 6.10 Å². The Morgan fingerprint density at radius 1 is 1.09 bits per heavy atom. The molecular weight excluding hydrogens is 398 g/mol. The van der Waals surface area contributed by atoms with Crippen molar-refractivity contribution in [3.05, 3.63) is 35.9 Å². The number of nitriles is 1. The first-order valence-corrected chi connectivity index (χ1v) is 12.6. The van der Waals surface area contributed by atoms with Crippen molar-refractivity contribution in [1.29, 1.82) is 5.26 Å². The van der Waals surface area contributed by atoms with Gasteiger partial charge < -0.3 is 9.84 Å². The molecule has 0 bridgehead atoms. The Hall–Kier alpha value is -1.86. The third-order valence-corrected chi connectivity index (χ3v) is 10.3. The van der Waals surface area contributed by atoms with E-state index in [1.165, 1.54) is 0 Å². The summed E-state index contributed by atoms with van der Waals surface area (Å²) in [6.07, 6.45) is 6.66. The lowest BCUT2D eigenvalue weighted by Crippen LogP contribution is -2.60. The molecule has 0 radical (unpaired) electrons. The van der Waals surface area contributed by atoms with E-state index < -0.39 is 0 Å². The van der Waals surface area contributed by atoms with Crippen molar-refractivity contribution in [3.63, 3.8) is 0 Å². The minimum Gasteiger partial charge on any atom is -0.458 e. The zero-order chi connectivity index (χ0) is 22.7. The first kappa shape index (κ1) is 22.0. The maximum atomic E-state index is 12.7. The van der Waals surface area contributed by atoms with Crippen LogP contribution < -0.4 is 0 Å². The van der Waals surface area contributed by atoms with Crippen molar-refractivity contribution in [2.45, 2.75) is 77.9 Å². The SMILES string of the molecule is C[C@H]1C[C@@]2(C)[C@@H](CC[C@@H]3[C@@H]2[C@@H](O)C[C@]2(C)[C@@H](C#N)CC[C@@H]32)C[C@@H]1OC(=O)c1ccccc1. The van der Waals surface area contributed by atoms with E-state index in [2.05, 4.69) is 26.8 Å². The highest BCUT2D eigenvalue weighted by Crippen LogP contribution is 2.67. The number of esters is 1. The summed E-state index contributed by atoms with van der Waals surface area (Å²) < 4.78 is 6.02. The Morgan fingerprint density at radius 3 is 2.56 bits per heavy atom. The molecule has 4 nitrogen and oxygen atoms in total. The van der Waals surface area contributed by atoms with Crippen LogP contribution in [0.15, 0.2) is 30.3 Å². The number of ether oxygens (including phenoxy) is 1. The molecule has 172 valence electrons. The number of hydrogen-bond donors (Lipinski definition) is 1. The molecule has 1 aromatic rings. The molecular formula is C28H37NO3. The van der Waals surface area contributed by atoms with Crippen LogP contribution in [0.1, 0.15) is 76.1 Å². The average Bonchev–Trinajstić information content (AvgIpc) is 3.10. The Morgan fingerprint density at radius 2 is 1.84 bits per heavy atom. The fourth-order valence-corrected chi connectivity index (χ4v) is 8.86. The summed E-state index contributed by atoms with van der Waals surface area (Å²) in [6, 6.07) is 11.9. The summed E-state index contributed by atoms with van der Waals surface area (Å²) in [5.41, 5.74) is 0.655. The Labute approximate surface area is 192 Å². The maximum Gasteiger partial charge on any atom is 0.338 e. The third-order valence-electron chi connectivity index (χ3n) is 10.3. The lowest BCUT2D eigenvalue weighted by molar-refractivity contribution is -0.184. The van der Waals surface area contributed by atoms with Crippen molar-refractivity contribution in [1.82, 2.24) is 0 Å². The zero-order valence-electron chi connectivity index (χ0n) is 19.7.